The lowest BCUT2D eigenvalue weighted by molar-refractivity contribution is -0.384. The number of anilines is 1. The standard InChI is InChI=1S/C20H21N3O3/c24-19(21-17-9-11-18(12-10-17)23(25)26)22-14-16-8-4-5-13-20(16,22)15-6-2-1-3-7-15/h1-3,6-7,9-12,16H,4-5,8,13-14H2,(H,21,24)/t16-,20-/m0/s1. The Morgan fingerprint density at radius 1 is 1.12 bits per heavy atom. The van der Waals surface area contributed by atoms with Gasteiger partial charge in [-0.1, -0.05) is 43.2 Å². The Hall–Kier alpha value is -2.89. The second kappa shape index (κ2) is 6.44. The zero-order valence-electron chi connectivity index (χ0n) is 14.4. The molecule has 0 aromatic heterocycles. The van der Waals surface area contributed by atoms with E-state index in [1.807, 2.05) is 23.1 Å². The number of fused-ring (bicyclic) bond motifs is 1. The molecule has 1 aliphatic heterocycles. The highest BCUT2D eigenvalue weighted by Crippen LogP contribution is 2.53. The fraction of sp³-hybridized carbons (Fsp3) is 0.350. The first-order valence-corrected chi connectivity index (χ1v) is 9.00. The molecule has 6 nitrogen and oxygen atoms in total. The van der Waals surface area contributed by atoms with Crippen molar-refractivity contribution in [2.45, 2.75) is 31.2 Å². The molecule has 0 bridgehead atoms. The van der Waals surface area contributed by atoms with E-state index in [9.17, 15) is 14.9 Å². The van der Waals surface area contributed by atoms with E-state index in [2.05, 4.69) is 17.4 Å². The molecule has 2 aromatic carbocycles. The second-order valence-corrected chi connectivity index (χ2v) is 7.08. The van der Waals surface area contributed by atoms with E-state index in [-0.39, 0.29) is 17.3 Å². The highest BCUT2D eigenvalue weighted by Gasteiger charge is 2.57. The van der Waals surface area contributed by atoms with Crippen molar-refractivity contribution >= 4 is 17.4 Å². The minimum Gasteiger partial charge on any atom is -0.314 e. The number of benzene rings is 2. The minimum atomic E-state index is -0.446. The number of hydrogen-bond acceptors (Lipinski definition) is 3. The molecule has 0 spiro atoms. The van der Waals surface area contributed by atoms with E-state index >= 15 is 0 Å². The van der Waals surface area contributed by atoms with Gasteiger partial charge < -0.3 is 10.2 Å². The smallest absolute Gasteiger partial charge is 0.314 e. The number of nitro groups is 1. The highest BCUT2D eigenvalue weighted by atomic mass is 16.6. The molecule has 1 heterocycles. The third-order valence-corrected chi connectivity index (χ3v) is 5.77. The molecule has 4 rings (SSSR count). The molecule has 0 radical (unpaired) electrons. The molecule has 6 heteroatoms. The lowest BCUT2D eigenvalue weighted by Gasteiger charge is -2.61. The average Bonchev–Trinajstić information content (AvgIpc) is 2.64. The molecule has 2 aromatic rings. The van der Waals surface area contributed by atoms with Crippen molar-refractivity contribution in [2.75, 3.05) is 11.9 Å². The molecule has 1 aliphatic carbocycles. The van der Waals surface area contributed by atoms with Crippen LogP contribution in [0.5, 0.6) is 0 Å². The van der Waals surface area contributed by atoms with Gasteiger partial charge in [-0.2, -0.15) is 0 Å². The number of nitrogens with zero attached hydrogens (tertiary/aromatic N) is 2. The molecule has 2 fully saturated rings. The number of likely N-dealkylation sites (tertiary alicyclic amines) is 1. The van der Waals surface area contributed by atoms with Gasteiger partial charge in [0.2, 0.25) is 0 Å². The van der Waals surface area contributed by atoms with E-state index in [0.29, 0.717) is 11.6 Å². The van der Waals surface area contributed by atoms with Gasteiger partial charge in [-0.3, -0.25) is 10.1 Å². The SMILES string of the molecule is O=C(Nc1ccc([N+](=O)[O-])cc1)N1C[C@@H]2CCCC[C@]21c1ccccc1. The van der Waals surface area contributed by atoms with Crippen LogP contribution < -0.4 is 5.32 Å². The molecular weight excluding hydrogens is 330 g/mol. The van der Waals surface area contributed by atoms with Crippen LogP contribution in [-0.4, -0.2) is 22.4 Å². The van der Waals surface area contributed by atoms with Crippen molar-refractivity contribution in [2.24, 2.45) is 5.92 Å². The van der Waals surface area contributed by atoms with Crippen LogP contribution >= 0.6 is 0 Å². The van der Waals surface area contributed by atoms with E-state index in [0.717, 1.165) is 25.8 Å². The molecule has 2 amide bonds. The van der Waals surface area contributed by atoms with Crippen LogP contribution in [-0.2, 0) is 5.54 Å². The van der Waals surface area contributed by atoms with E-state index in [4.69, 9.17) is 0 Å². The first-order valence-electron chi connectivity index (χ1n) is 9.00. The van der Waals surface area contributed by atoms with Crippen LogP contribution in [0.25, 0.3) is 0 Å². The number of nitro benzene ring substituents is 1. The number of nitrogens with one attached hydrogen (secondary N) is 1. The lowest BCUT2D eigenvalue weighted by atomic mass is 9.62. The molecule has 1 N–H and O–H groups in total. The van der Waals surface area contributed by atoms with Gasteiger partial charge >= 0.3 is 6.03 Å². The maximum Gasteiger partial charge on any atom is 0.322 e. The normalized spacial score (nSPS) is 24.3. The third kappa shape index (κ3) is 2.62. The molecule has 2 atom stereocenters. The summed E-state index contributed by atoms with van der Waals surface area (Å²) in [6, 6.07) is 16.1. The monoisotopic (exact) mass is 351 g/mol. The fourth-order valence-corrected chi connectivity index (χ4v) is 4.48. The summed E-state index contributed by atoms with van der Waals surface area (Å²) in [7, 11) is 0. The topological polar surface area (TPSA) is 75.5 Å². The van der Waals surface area contributed by atoms with E-state index in [1.54, 1.807) is 12.1 Å². The Morgan fingerprint density at radius 2 is 1.85 bits per heavy atom. The molecule has 134 valence electrons. The van der Waals surface area contributed by atoms with Crippen molar-refractivity contribution in [3.05, 3.63) is 70.3 Å². The number of hydrogen-bond donors (Lipinski definition) is 1. The van der Waals surface area contributed by atoms with Gasteiger partial charge in [-0.25, -0.2) is 4.79 Å². The molecule has 1 saturated carbocycles. The molecule has 26 heavy (non-hydrogen) atoms. The minimum absolute atomic E-state index is 0.0139. The van der Waals surface area contributed by atoms with Crippen LogP contribution in [0.4, 0.5) is 16.2 Å². The zero-order chi connectivity index (χ0) is 18.1. The third-order valence-electron chi connectivity index (χ3n) is 5.77. The maximum absolute atomic E-state index is 12.9. The van der Waals surface area contributed by atoms with Crippen molar-refractivity contribution in [1.29, 1.82) is 0 Å². The highest BCUT2D eigenvalue weighted by molar-refractivity contribution is 5.91. The summed E-state index contributed by atoms with van der Waals surface area (Å²) >= 11 is 0. The van der Waals surface area contributed by atoms with Crippen molar-refractivity contribution in [3.8, 4) is 0 Å². The van der Waals surface area contributed by atoms with Crippen LogP contribution in [0, 0.1) is 16.0 Å². The Bertz CT molecular complexity index is 822. The fourth-order valence-electron chi connectivity index (χ4n) is 4.48. The Balaban J connectivity index is 1.56. The molecule has 0 unspecified atom stereocenters. The average molecular weight is 351 g/mol. The van der Waals surface area contributed by atoms with Gasteiger partial charge in [0, 0.05) is 30.3 Å². The molecule has 2 aliphatic rings. The summed E-state index contributed by atoms with van der Waals surface area (Å²) in [4.78, 5) is 25.2. The number of carbonyl (C=O) groups excluding carboxylic acids is 1. The summed E-state index contributed by atoms with van der Waals surface area (Å²) in [6.45, 7) is 0.758. The number of non-ortho nitro benzene ring substituents is 1. The molecular formula is C20H21N3O3. The first-order chi connectivity index (χ1) is 12.6. The van der Waals surface area contributed by atoms with Gasteiger partial charge in [0.05, 0.1) is 10.5 Å². The maximum atomic E-state index is 12.9. The predicted octanol–water partition coefficient (Wildman–Crippen LogP) is 4.53. The zero-order valence-corrected chi connectivity index (χ0v) is 14.4. The summed E-state index contributed by atoms with van der Waals surface area (Å²) < 4.78 is 0. The summed E-state index contributed by atoms with van der Waals surface area (Å²) in [5, 5.41) is 13.7. The van der Waals surface area contributed by atoms with Crippen LogP contribution in [0.1, 0.15) is 31.2 Å². The van der Waals surface area contributed by atoms with Crippen LogP contribution in [0.15, 0.2) is 54.6 Å². The Kier molecular flexibility index (Phi) is 4.11. The Labute approximate surface area is 152 Å². The summed E-state index contributed by atoms with van der Waals surface area (Å²) in [6.07, 6.45) is 4.47. The summed E-state index contributed by atoms with van der Waals surface area (Å²) in [5.41, 5.74) is 1.57. The lowest BCUT2D eigenvalue weighted by Crippen LogP contribution is -2.68. The van der Waals surface area contributed by atoms with Crippen LogP contribution in [0.2, 0.25) is 0 Å². The second-order valence-electron chi connectivity index (χ2n) is 7.08. The largest absolute Gasteiger partial charge is 0.322 e. The first kappa shape index (κ1) is 16.6. The summed E-state index contributed by atoms with van der Waals surface area (Å²) in [5.74, 6) is 0.501. The van der Waals surface area contributed by atoms with Crippen LogP contribution in [0.3, 0.4) is 0 Å². The molecule has 1 saturated heterocycles. The number of carbonyl (C=O) groups is 1. The number of urea groups is 1. The van der Waals surface area contributed by atoms with Gasteiger partial charge in [0.15, 0.2) is 0 Å². The van der Waals surface area contributed by atoms with E-state index in [1.165, 1.54) is 24.1 Å². The predicted molar refractivity (Wildman–Crippen MR) is 98.9 cm³/mol. The Morgan fingerprint density at radius 3 is 2.50 bits per heavy atom. The van der Waals surface area contributed by atoms with Gasteiger partial charge in [0.1, 0.15) is 0 Å². The van der Waals surface area contributed by atoms with Gasteiger partial charge in [-0.05, 0) is 30.5 Å². The van der Waals surface area contributed by atoms with Crippen molar-refractivity contribution in [1.82, 2.24) is 4.90 Å². The van der Waals surface area contributed by atoms with Crippen molar-refractivity contribution < 1.29 is 9.72 Å². The van der Waals surface area contributed by atoms with Gasteiger partial charge in [-0.15, -0.1) is 0 Å². The number of rotatable bonds is 3. The van der Waals surface area contributed by atoms with Gasteiger partial charge in [0.25, 0.3) is 5.69 Å². The van der Waals surface area contributed by atoms with E-state index < -0.39 is 4.92 Å². The van der Waals surface area contributed by atoms with Crippen molar-refractivity contribution in [3.63, 3.8) is 0 Å². The quantitative estimate of drug-likeness (QED) is 0.652. The number of amides is 2.